The highest BCUT2D eigenvalue weighted by Gasteiger charge is 2.17. The number of carbonyl (C=O) groups excluding carboxylic acids is 2. The zero-order valence-corrected chi connectivity index (χ0v) is 17.4. The van der Waals surface area contributed by atoms with E-state index in [-0.39, 0.29) is 17.6 Å². The fourth-order valence-electron chi connectivity index (χ4n) is 2.88. The fourth-order valence-corrected chi connectivity index (χ4v) is 3.73. The van der Waals surface area contributed by atoms with Gasteiger partial charge in [-0.05, 0) is 36.8 Å². The molecule has 0 fully saturated rings. The lowest BCUT2D eigenvalue weighted by Crippen LogP contribution is -2.26. The monoisotopic (exact) mass is 404 g/mol. The summed E-state index contributed by atoms with van der Waals surface area (Å²) in [6.45, 7) is 2.54. The van der Waals surface area contributed by atoms with Gasteiger partial charge >= 0.3 is 0 Å². The standard InChI is InChI=1S/C24H24N2O2S/c1-18-12-14-20(15-13-18)25-23(27)17-29-22-11-7-6-10-21(22)24(28)26(2)16-19-8-4-3-5-9-19/h3-15H,16-17H2,1-2H3,(H,25,27). The van der Waals surface area contributed by atoms with Crippen molar-refractivity contribution >= 4 is 29.3 Å². The number of rotatable bonds is 7. The van der Waals surface area contributed by atoms with Gasteiger partial charge in [0.15, 0.2) is 0 Å². The van der Waals surface area contributed by atoms with Gasteiger partial charge < -0.3 is 10.2 Å². The molecule has 2 amide bonds. The number of hydrogen-bond donors (Lipinski definition) is 1. The fraction of sp³-hybridized carbons (Fsp3) is 0.167. The maximum Gasteiger partial charge on any atom is 0.255 e. The molecule has 0 heterocycles. The number of hydrogen-bond acceptors (Lipinski definition) is 3. The van der Waals surface area contributed by atoms with Crippen molar-refractivity contribution in [2.24, 2.45) is 0 Å². The molecule has 0 aliphatic heterocycles. The third-order valence-electron chi connectivity index (χ3n) is 4.42. The summed E-state index contributed by atoms with van der Waals surface area (Å²) >= 11 is 1.37. The number of nitrogens with zero attached hydrogens (tertiary/aromatic N) is 1. The van der Waals surface area contributed by atoms with Gasteiger partial charge in [-0.25, -0.2) is 0 Å². The zero-order valence-electron chi connectivity index (χ0n) is 16.6. The molecule has 0 aromatic heterocycles. The number of benzene rings is 3. The molecule has 0 unspecified atom stereocenters. The Balaban J connectivity index is 1.62. The van der Waals surface area contributed by atoms with Crippen molar-refractivity contribution in [1.29, 1.82) is 0 Å². The summed E-state index contributed by atoms with van der Waals surface area (Å²) in [5.41, 5.74) is 3.60. The molecule has 1 N–H and O–H groups in total. The summed E-state index contributed by atoms with van der Waals surface area (Å²) < 4.78 is 0. The Morgan fingerprint density at radius 3 is 2.28 bits per heavy atom. The van der Waals surface area contributed by atoms with Crippen molar-refractivity contribution in [2.75, 3.05) is 18.1 Å². The SMILES string of the molecule is Cc1ccc(NC(=O)CSc2ccccc2C(=O)N(C)Cc2ccccc2)cc1. The van der Waals surface area contributed by atoms with E-state index in [0.29, 0.717) is 12.1 Å². The maximum atomic E-state index is 12.9. The lowest BCUT2D eigenvalue weighted by molar-refractivity contribution is -0.113. The number of thioether (sulfide) groups is 1. The van der Waals surface area contributed by atoms with Gasteiger partial charge in [-0.15, -0.1) is 11.8 Å². The third-order valence-corrected chi connectivity index (χ3v) is 5.49. The van der Waals surface area contributed by atoms with Gasteiger partial charge in [-0.1, -0.05) is 60.2 Å². The normalized spacial score (nSPS) is 10.4. The Hall–Kier alpha value is -3.05. The minimum Gasteiger partial charge on any atom is -0.337 e. The van der Waals surface area contributed by atoms with Crippen molar-refractivity contribution in [3.8, 4) is 0 Å². The molecule has 0 aliphatic carbocycles. The summed E-state index contributed by atoms with van der Waals surface area (Å²) in [6.07, 6.45) is 0. The summed E-state index contributed by atoms with van der Waals surface area (Å²) in [5.74, 6) is 0.0789. The first-order valence-corrected chi connectivity index (χ1v) is 10.4. The molecule has 0 saturated heterocycles. The predicted octanol–water partition coefficient (Wildman–Crippen LogP) is 5.00. The quantitative estimate of drug-likeness (QED) is 0.564. The minimum atomic E-state index is -0.0984. The summed E-state index contributed by atoms with van der Waals surface area (Å²) in [4.78, 5) is 27.7. The molecule has 3 aromatic carbocycles. The van der Waals surface area contributed by atoms with E-state index in [0.717, 1.165) is 21.7 Å². The van der Waals surface area contributed by atoms with Crippen molar-refractivity contribution in [3.05, 3.63) is 95.6 Å². The Morgan fingerprint density at radius 1 is 0.897 bits per heavy atom. The van der Waals surface area contributed by atoms with Crippen LogP contribution >= 0.6 is 11.8 Å². The smallest absolute Gasteiger partial charge is 0.255 e. The van der Waals surface area contributed by atoms with Gasteiger partial charge in [0.05, 0.1) is 11.3 Å². The average Bonchev–Trinajstić information content (AvgIpc) is 2.74. The molecule has 3 rings (SSSR count). The highest BCUT2D eigenvalue weighted by atomic mass is 32.2. The van der Waals surface area contributed by atoms with Crippen molar-refractivity contribution < 1.29 is 9.59 Å². The average molecular weight is 405 g/mol. The van der Waals surface area contributed by atoms with E-state index in [1.54, 1.807) is 11.9 Å². The van der Waals surface area contributed by atoms with Gasteiger partial charge in [0.2, 0.25) is 5.91 Å². The van der Waals surface area contributed by atoms with Crippen molar-refractivity contribution in [3.63, 3.8) is 0 Å². The molecule has 148 valence electrons. The first-order chi connectivity index (χ1) is 14.0. The summed E-state index contributed by atoms with van der Waals surface area (Å²) in [6, 6.07) is 25.0. The lowest BCUT2D eigenvalue weighted by Gasteiger charge is -2.19. The van der Waals surface area contributed by atoms with Crippen LogP contribution in [0.4, 0.5) is 5.69 Å². The van der Waals surface area contributed by atoms with Gasteiger partial charge in [-0.2, -0.15) is 0 Å². The first kappa shape index (κ1) is 20.7. The van der Waals surface area contributed by atoms with E-state index < -0.39 is 0 Å². The van der Waals surface area contributed by atoms with E-state index in [4.69, 9.17) is 0 Å². The highest BCUT2D eigenvalue weighted by molar-refractivity contribution is 8.00. The maximum absolute atomic E-state index is 12.9. The van der Waals surface area contributed by atoms with Gasteiger partial charge in [0, 0.05) is 24.2 Å². The number of amides is 2. The van der Waals surface area contributed by atoms with Crippen LogP contribution in [0.25, 0.3) is 0 Å². The largest absolute Gasteiger partial charge is 0.337 e. The molecular formula is C24H24N2O2S. The number of anilines is 1. The Morgan fingerprint density at radius 2 is 1.55 bits per heavy atom. The minimum absolute atomic E-state index is 0.0594. The second kappa shape index (κ2) is 9.94. The van der Waals surface area contributed by atoms with Crippen LogP contribution in [-0.2, 0) is 11.3 Å². The molecule has 0 bridgehead atoms. The second-order valence-corrected chi connectivity index (χ2v) is 7.86. The zero-order chi connectivity index (χ0) is 20.6. The number of nitrogens with one attached hydrogen (secondary N) is 1. The molecule has 29 heavy (non-hydrogen) atoms. The van der Waals surface area contributed by atoms with E-state index in [1.807, 2.05) is 85.8 Å². The lowest BCUT2D eigenvalue weighted by atomic mass is 10.1. The van der Waals surface area contributed by atoms with E-state index in [2.05, 4.69) is 5.32 Å². The predicted molar refractivity (Wildman–Crippen MR) is 119 cm³/mol. The third kappa shape index (κ3) is 5.96. The van der Waals surface area contributed by atoms with Crippen LogP contribution < -0.4 is 5.32 Å². The van der Waals surface area contributed by atoms with Crippen molar-refractivity contribution in [2.45, 2.75) is 18.4 Å². The molecule has 4 nitrogen and oxygen atoms in total. The Labute approximate surface area is 175 Å². The number of carbonyl (C=O) groups is 2. The molecule has 5 heteroatoms. The van der Waals surface area contributed by atoms with Crippen LogP contribution in [0.2, 0.25) is 0 Å². The molecule has 3 aromatic rings. The Bertz CT molecular complexity index is 972. The van der Waals surface area contributed by atoms with Crippen LogP contribution in [0.1, 0.15) is 21.5 Å². The van der Waals surface area contributed by atoms with Crippen LogP contribution in [0, 0.1) is 6.92 Å². The topological polar surface area (TPSA) is 49.4 Å². The van der Waals surface area contributed by atoms with Crippen LogP contribution in [0.3, 0.4) is 0 Å². The summed E-state index contributed by atoms with van der Waals surface area (Å²) in [5, 5.41) is 2.89. The van der Waals surface area contributed by atoms with Gasteiger partial charge in [0.1, 0.15) is 0 Å². The Kier molecular flexibility index (Phi) is 7.09. The van der Waals surface area contributed by atoms with Crippen LogP contribution in [-0.4, -0.2) is 29.5 Å². The van der Waals surface area contributed by atoms with E-state index >= 15 is 0 Å². The molecular weight excluding hydrogens is 380 g/mol. The molecule has 0 atom stereocenters. The van der Waals surface area contributed by atoms with E-state index in [9.17, 15) is 9.59 Å². The summed E-state index contributed by atoms with van der Waals surface area (Å²) in [7, 11) is 1.79. The van der Waals surface area contributed by atoms with Gasteiger partial charge in [-0.3, -0.25) is 9.59 Å². The van der Waals surface area contributed by atoms with E-state index in [1.165, 1.54) is 11.8 Å². The molecule has 0 saturated carbocycles. The highest BCUT2D eigenvalue weighted by Crippen LogP contribution is 2.24. The van der Waals surface area contributed by atoms with Crippen LogP contribution in [0.15, 0.2) is 83.8 Å². The first-order valence-electron chi connectivity index (χ1n) is 9.40. The molecule has 0 spiro atoms. The van der Waals surface area contributed by atoms with Crippen LogP contribution in [0.5, 0.6) is 0 Å². The second-order valence-electron chi connectivity index (χ2n) is 6.85. The van der Waals surface area contributed by atoms with Crippen molar-refractivity contribution in [1.82, 2.24) is 4.90 Å². The number of aryl methyl sites for hydroxylation is 1. The molecule has 0 radical (unpaired) electrons. The van der Waals surface area contributed by atoms with Gasteiger partial charge in [0.25, 0.3) is 5.91 Å². The molecule has 0 aliphatic rings.